The number of nitriles is 1. The molecule has 1 fully saturated rings. The second-order valence-electron chi connectivity index (χ2n) is 7.46. The molecule has 140 valence electrons. The van der Waals surface area contributed by atoms with Gasteiger partial charge >= 0.3 is 0 Å². The van der Waals surface area contributed by atoms with Crippen molar-refractivity contribution >= 4 is 21.9 Å². The summed E-state index contributed by atoms with van der Waals surface area (Å²) < 4.78 is 0. The molecule has 4 aromatic rings. The number of aromatic amines is 2. The summed E-state index contributed by atoms with van der Waals surface area (Å²) in [5.41, 5.74) is 5.47. The number of likely N-dealkylation sites (N-methyl/N-ethyl adjacent to an activating group) is 1. The number of aromatic nitrogens is 4. The van der Waals surface area contributed by atoms with Crippen LogP contribution in [0, 0.1) is 11.3 Å². The Morgan fingerprint density at radius 3 is 2.75 bits per heavy atom. The van der Waals surface area contributed by atoms with Gasteiger partial charge < -0.3 is 9.88 Å². The van der Waals surface area contributed by atoms with Crippen molar-refractivity contribution in [1.82, 2.24) is 30.0 Å². The van der Waals surface area contributed by atoms with Crippen LogP contribution in [0.5, 0.6) is 0 Å². The molecule has 0 amide bonds. The van der Waals surface area contributed by atoms with Crippen molar-refractivity contribution in [3.63, 3.8) is 0 Å². The molecule has 7 heteroatoms. The zero-order valence-corrected chi connectivity index (χ0v) is 15.7. The van der Waals surface area contributed by atoms with E-state index in [4.69, 9.17) is 10.2 Å². The highest BCUT2D eigenvalue weighted by Gasteiger charge is 2.16. The van der Waals surface area contributed by atoms with Crippen molar-refractivity contribution in [3.8, 4) is 17.6 Å². The van der Waals surface area contributed by atoms with Gasteiger partial charge in [-0.15, -0.1) is 0 Å². The van der Waals surface area contributed by atoms with Crippen LogP contribution >= 0.6 is 0 Å². The van der Waals surface area contributed by atoms with E-state index in [9.17, 15) is 0 Å². The first kappa shape index (κ1) is 16.9. The molecule has 1 saturated heterocycles. The number of rotatable bonds is 3. The first-order chi connectivity index (χ1) is 13.7. The molecular formula is C21H21N7. The van der Waals surface area contributed by atoms with Crippen LogP contribution in [0.1, 0.15) is 11.1 Å². The number of imidazole rings is 1. The number of hydrogen-bond donors (Lipinski definition) is 2. The Morgan fingerprint density at radius 1 is 1.07 bits per heavy atom. The van der Waals surface area contributed by atoms with Crippen LogP contribution in [-0.2, 0) is 6.54 Å². The summed E-state index contributed by atoms with van der Waals surface area (Å²) in [5.74, 6) is 0.739. The Bertz CT molecular complexity index is 1190. The second-order valence-corrected chi connectivity index (χ2v) is 7.46. The lowest BCUT2D eigenvalue weighted by atomic mass is 10.1. The molecule has 0 spiro atoms. The van der Waals surface area contributed by atoms with Crippen LogP contribution in [0.3, 0.4) is 0 Å². The molecule has 28 heavy (non-hydrogen) atoms. The van der Waals surface area contributed by atoms with Gasteiger partial charge in [-0.1, -0.05) is 6.07 Å². The molecule has 1 aliphatic heterocycles. The number of piperazine rings is 1. The van der Waals surface area contributed by atoms with Gasteiger partial charge in [0, 0.05) is 38.1 Å². The summed E-state index contributed by atoms with van der Waals surface area (Å²) in [5, 5.41) is 17.4. The van der Waals surface area contributed by atoms with Crippen LogP contribution < -0.4 is 0 Å². The normalized spacial score (nSPS) is 16.0. The third-order valence-electron chi connectivity index (χ3n) is 5.46. The lowest BCUT2D eigenvalue weighted by Gasteiger charge is -2.32. The van der Waals surface area contributed by atoms with Gasteiger partial charge in [0.2, 0.25) is 0 Å². The summed E-state index contributed by atoms with van der Waals surface area (Å²) in [6.07, 6.45) is 0. The third-order valence-corrected chi connectivity index (χ3v) is 5.46. The van der Waals surface area contributed by atoms with Gasteiger partial charge in [0.05, 0.1) is 28.2 Å². The largest absolute Gasteiger partial charge is 0.337 e. The van der Waals surface area contributed by atoms with E-state index in [0.717, 1.165) is 66.2 Å². The molecule has 1 aliphatic rings. The molecule has 0 radical (unpaired) electrons. The van der Waals surface area contributed by atoms with Crippen molar-refractivity contribution in [2.24, 2.45) is 0 Å². The van der Waals surface area contributed by atoms with Gasteiger partial charge in [0.15, 0.2) is 5.82 Å². The molecule has 3 heterocycles. The van der Waals surface area contributed by atoms with Gasteiger partial charge in [-0.3, -0.25) is 10.00 Å². The average molecular weight is 371 g/mol. The van der Waals surface area contributed by atoms with Crippen LogP contribution in [-0.4, -0.2) is 63.2 Å². The standard InChI is InChI=1S/C21H21N7/c1-27-6-8-28(9-7-27)13-15-3-5-17-19(11-15)24-21(23-17)20-16-4-2-14(12-22)10-18(16)25-26-20/h2-5,10-11H,6-9,13H2,1H3,(H,23,24)(H,25,26). The lowest BCUT2D eigenvalue weighted by molar-refractivity contribution is 0.148. The minimum absolute atomic E-state index is 0.612. The van der Waals surface area contributed by atoms with E-state index < -0.39 is 0 Å². The summed E-state index contributed by atoms with van der Waals surface area (Å²) in [7, 11) is 2.18. The van der Waals surface area contributed by atoms with Crippen molar-refractivity contribution < 1.29 is 0 Å². The number of H-pyrrole nitrogens is 2. The lowest BCUT2D eigenvalue weighted by Crippen LogP contribution is -2.43. The zero-order valence-electron chi connectivity index (χ0n) is 15.7. The smallest absolute Gasteiger partial charge is 0.159 e. The molecule has 2 N–H and O–H groups in total. The quantitative estimate of drug-likeness (QED) is 0.578. The number of benzene rings is 2. The van der Waals surface area contributed by atoms with E-state index in [1.54, 1.807) is 6.07 Å². The fraction of sp³-hybridized carbons (Fsp3) is 0.286. The maximum atomic E-state index is 9.06. The number of nitrogens with zero attached hydrogens (tertiary/aromatic N) is 5. The van der Waals surface area contributed by atoms with E-state index in [1.165, 1.54) is 5.56 Å². The van der Waals surface area contributed by atoms with Crippen LogP contribution in [0.4, 0.5) is 0 Å². The summed E-state index contributed by atoms with van der Waals surface area (Å²) in [6, 6.07) is 14.1. The summed E-state index contributed by atoms with van der Waals surface area (Å²) >= 11 is 0. The van der Waals surface area contributed by atoms with Gasteiger partial charge in [0.25, 0.3) is 0 Å². The molecule has 5 rings (SSSR count). The second kappa shape index (κ2) is 6.75. The summed E-state index contributed by atoms with van der Waals surface area (Å²) in [6.45, 7) is 5.41. The molecular weight excluding hydrogens is 350 g/mol. The predicted octanol–water partition coefficient (Wildman–Crippen LogP) is 2.73. The first-order valence-corrected chi connectivity index (χ1v) is 9.48. The Kier molecular flexibility index (Phi) is 4.08. The van der Waals surface area contributed by atoms with Crippen LogP contribution in [0.25, 0.3) is 33.5 Å². The highest BCUT2D eigenvalue weighted by molar-refractivity contribution is 5.93. The highest BCUT2D eigenvalue weighted by Crippen LogP contribution is 2.27. The van der Waals surface area contributed by atoms with Gasteiger partial charge in [-0.05, 0) is 42.9 Å². The van der Waals surface area contributed by atoms with E-state index in [-0.39, 0.29) is 0 Å². The minimum Gasteiger partial charge on any atom is -0.337 e. The third kappa shape index (κ3) is 3.03. The maximum absolute atomic E-state index is 9.06. The number of hydrogen-bond acceptors (Lipinski definition) is 5. The van der Waals surface area contributed by atoms with Crippen molar-refractivity contribution in [1.29, 1.82) is 5.26 Å². The first-order valence-electron chi connectivity index (χ1n) is 9.48. The minimum atomic E-state index is 0.612. The van der Waals surface area contributed by atoms with Crippen molar-refractivity contribution in [2.75, 3.05) is 33.2 Å². The SMILES string of the molecule is CN1CCN(Cc2ccc3nc(-c4n[nH]c5cc(C#N)ccc45)[nH]c3c2)CC1. The van der Waals surface area contributed by atoms with Crippen LogP contribution in [0.2, 0.25) is 0 Å². The molecule has 2 aromatic heterocycles. The maximum Gasteiger partial charge on any atom is 0.159 e. The predicted molar refractivity (Wildman–Crippen MR) is 109 cm³/mol. The Morgan fingerprint density at radius 2 is 1.93 bits per heavy atom. The van der Waals surface area contributed by atoms with E-state index in [2.05, 4.69) is 56.3 Å². The molecule has 7 nitrogen and oxygen atoms in total. The molecule has 2 aromatic carbocycles. The fourth-order valence-electron chi connectivity index (χ4n) is 3.80. The number of nitrogens with one attached hydrogen (secondary N) is 2. The molecule has 0 saturated carbocycles. The van der Waals surface area contributed by atoms with Gasteiger partial charge in [-0.25, -0.2) is 4.98 Å². The molecule has 0 aliphatic carbocycles. The molecule has 0 atom stereocenters. The van der Waals surface area contributed by atoms with Crippen molar-refractivity contribution in [3.05, 3.63) is 47.5 Å². The zero-order chi connectivity index (χ0) is 19.1. The van der Waals surface area contributed by atoms with Gasteiger partial charge in [0.1, 0.15) is 5.69 Å². The van der Waals surface area contributed by atoms with Crippen molar-refractivity contribution in [2.45, 2.75) is 6.54 Å². The Hall–Kier alpha value is -3.21. The van der Waals surface area contributed by atoms with E-state index in [0.29, 0.717) is 5.56 Å². The fourth-order valence-corrected chi connectivity index (χ4v) is 3.80. The molecule has 0 unspecified atom stereocenters. The highest BCUT2D eigenvalue weighted by atomic mass is 15.2. The topological polar surface area (TPSA) is 87.6 Å². The van der Waals surface area contributed by atoms with Gasteiger partial charge in [-0.2, -0.15) is 10.4 Å². The molecule has 0 bridgehead atoms. The van der Waals surface area contributed by atoms with E-state index >= 15 is 0 Å². The Balaban J connectivity index is 1.45. The average Bonchev–Trinajstić information content (AvgIpc) is 3.32. The van der Waals surface area contributed by atoms with Crippen LogP contribution in [0.15, 0.2) is 36.4 Å². The summed E-state index contributed by atoms with van der Waals surface area (Å²) in [4.78, 5) is 13.0. The van der Waals surface area contributed by atoms with E-state index in [1.807, 2.05) is 12.1 Å². The number of fused-ring (bicyclic) bond motifs is 2. The monoisotopic (exact) mass is 371 g/mol. The Labute approximate surface area is 162 Å².